The van der Waals surface area contributed by atoms with Crippen molar-refractivity contribution in [1.82, 2.24) is 4.90 Å². The van der Waals surface area contributed by atoms with Gasteiger partial charge in [-0.25, -0.2) is 14.4 Å². The summed E-state index contributed by atoms with van der Waals surface area (Å²) in [5.41, 5.74) is 5.00. The van der Waals surface area contributed by atoms with Crippen molar-refractivity contribution in [3.05, 3.63) is 0 Å². The van der Waals surface area contributed by atoms with Crippen LogP contribution in [0, 0.1) is 0 Å². The summed E-state index contributed by atoms with van der Waals surface area (Å²) in [6.07, 6.45) is -4.53. The van der Waals surface area contributed by atoms with Gasteiger partial charge in [-0.15, -0.1) is 0 Å². The third-order valence-corrected chi connectivity index (χ3v) is 2.13. The highest BCUT2D eigenvalue weighted by atomic mass is 16.5. The lowest BCUT2D eigenvalue weighted by Gasteiger charge is -2.24. The topological polar surface area (TPSA) is 171 Å². The first kappa shape index (κ1) is 17.1. The quantitative estimate of drug-likeness (QED) is 0.371. The van der Waals surface area contributed by atoms with Crippen LogP contribution in [-0.2, 0) is 14.3 Å². The van der Waals surface area contributed by atoms with Crippen molar-refractivity contribution in [2.45, 2.75) is 12.2 Å². The van der Waals surface area contributed by atoms with Crippen molar-refractivity contribution < 1.29 is 39.5 Å². The van der Waals surface area contributed by atoms with E-state index in [4.69, 9.17) is 30.9 Å². The average Bonchev–Trinajstić information content (AvgIpc) is 2.38. The zero-order valence-corrected chi connectivity index (χ0v) is 9.93. The van der Waals surface area contributed by atoms with E-state index in [0.717, 1.165) is 0 Å². The lowest BCUT2D eigenvalue weighted by molar-refractivity contribution is -0.165. The molecule has 110 valence electrons. The number of morpholine rings is 1. The monoisotopic (exact) mass is 280 g/mol. The summed E-state index contributed by atoms with van der Waals surface area (Å²) in [5.74, 6) is -3.54. The van der Waals surface area contributed by atoms with Crippen molar-refractivity contribution in [1.29, 1.82) is 0 Å². The fourth-order valence-corrected chi connectivity index (χ4v) is 1.05. The first-order valence-corrected chi connectivity index (χ1v) is 5.21. The minimum atomic E-state index is -2.27. The molecule has 0 aromatic carbocycles. The number of hydrogen-bond donors (Lipinski definition) is 5. The summed E-state index contributed by atoms with van der Waals surface area (Å²) in [4.78, 5) is 31.6. The number of carbonyl (C=O) groups excluding carboxylic acids is 1. The molecule has 1 aliphatic rings. The number of rotatable bonds is 3. The SMILES string of the molecule is NC(=O)N1CCOCC1.O=C(O)C(O)C(O)C(=O)O. The molecule has 1 heterocycles. The van der Waals surface area contributed by atoms with Crippen LogP contribution in [0.2, 0.25) is 0 Å². The van der Waals surface area contributed by atoms with E-state index in [1.54, 1.807) is 4.90 Å². The smallest absolute Gasteiger partial charge is 0.335 e. The highest BCUT2D eigenvalue weighted by Crippen LogP contribution is 1.94. The molecule has 1 fully saturated rings. The summed E-state index contributed by atoms with van der Waals surface area (Å²) >= 11 is 0. The summed E-state index contributed by atoms with van der Waals surface area (Å²) in [5, 5.41) is 32.5. The average molecular weight is 280 g/mol. The molecule has 0 aromatic heterocycles. The van der Waals surface area contributed by atoms with Crippen molar-refractivity contribution >= 4 is 18.0 Å². The number of aliphatic hydroxyl groups excluding tert-OH is 2. The second-order valence-corrected chi connectivity index (χ2v) is 3.50. The summed E-state index contributed by atoms with van der Waals surface area (Å²) in [7, 11) is 0. The molecule has 0 spiro atoms. The van der Waals surface area contributed by atoms with E-state index in [-0.39, 0.29) is 6.03 Å². The molecule has 6 N–H and O–H groups in total. The Morgan fingerprint density at radius 1 is 1.00 bits per heavy atom. The van der Waals surface area contributed by atoms with E-state index in [1.807, 2.05) is 0 Å². The van der Waals surface area contributed by atoms with Crippen LogP contribution >= 0.6 is 0 Å². The predicted molar refractivity (Wildman–Crippen MR) is 59.3 cm³/mol. The Balaban J connectivity index is 0.000000342. The first-order valence-electron chi connectivity index (χ1n) is 5.21. The van der Waals surface area contributed by atoms with Crippen LogP contribution in [0.5, 0.6) is 0 Å². The molecule has 0 aliphatic carbocycles. The number of aliphatic hydroxyl groups is 2. The Morgan fingerprint density at radius 2 is 1.37 bits per heavy atom. The molecule has 19 heavy (non-hydrogen) atoms. The number of carboxylic acids is 2. The number of nitrogens with two attached hydrogens (primary N) is 1. The van der Waals surface area contributed by atoms with E-state index < -0.39 is 24.1 Å². The molecule has 0 radical (unpaired) electrons. The van der Waals surface area contributed by atoms with Crippen LogP contribution in [0.15, 0.2) is 0 Å². The van der Waals surface area contributed by atoms with Crippen LogP contribution in [0.1, 0.15) is 0 Å². The molecule has 1 rings (SSSR count). The predicted octanol–water partition coefficient (Wildman–Crippen LogP) is -2.73. The molecule has 2 unspecified atom stereocenters. The number of urea groups is 1. The van der Waals surface area contributed by atoms with Crippen molar-refractivity contribution in [2.24, 2.45) is 5.73 Å². The number of amides is 2. The van der Waals surface area contributed by atoms with Gasteiger partial charge in [0, 0.05) is 13.1 Å². The highest BCUT2D eigenvalue weighted by molar-refractivity contribution is 5.83. The summed E-state index contributed by atoms with van der Waals surface area (Å²) in [6, 6.07) is -0.349. The van der Waals surface area contributed by atoms with Crippen LogP contribution in [0.3, 0.4) is 0 Å². The lowest BCUT2D eigenvalue weighted by Crippen LogP contribution is -2.43. The van der Waals surface area contributed by atoms with E-state index in [0.29, 0.717) is 26.3 Å². The fraction of sp³-hybridized carbons (Fsp3) is 0.667. The van der Waals surface area contributed by atoms with E-state index in [1.165, 1.54) is 0 Å². The molecule has 1 aliphatic heterocycles. The fourth-order valence-electron chi connectivity index (χ4n) is 1.05. The van der Waals surface area contributed by atoms with Gasteiger partial charge in [-0.3, -0.25) is 0 Å². The molecular weight excluding hydrogens is 264 g/mol. The van der Waals surface area contributed by atoms with Gasteiger partial charge in [-0.05, 0) is 0 Å². The lowest BCUT2D eigenvalue weighted by atomic mass is 10.2. The van der Waals surface area contributed by atoms with Gasteiger partial charge in [-0.1, -0.05) is 0 Å². The van der Waals surface area contributed by atoms with Crippen LogP contribution < -0.4 is 5.73 Å². The highest BCUT2D eigenvalue weighted by Gasteiger charge is 2.29. The number of primary amides is 1. The van der Waals surface area contributed by atoms with Gasteiger partial charge in [0.1, 0.15) is 0 Å². The van der Waals surface area contributed by atoms with Crippen LogP contribution in [0.25, 0.3) is 0 Å². The number of ether oxygens (including phenoxy) is 1. The molecule has 0 aromatic rings. The van der Waals surface area contributed by atoms with E-state index in [9.17, 15) is 14.4 Å². The molecule has 2 atom stereocenters. The number of aliphatic carboxylic acids is 2. The molecular formula is C9H16N2O8. The van der Waals surface area contributed by atoms with E-state index >= 15 is 0 Å². The minimum Gasteiger partial charge on any atom is -0.479 e. The van der Waals surface area contributed by atoms with Gasteiger partial charge >= 0.3 is 18.0 Å². The Hall–Kier alpha value is -1.91. The molecule has 2 amide bonds. The Kier molecular flexibility index (Phi) is 7.41. The Bertz CT molecular complexity index is 310. The van der Waals surface area contributed by atoms with Gasteiger partial charge in [0.15, 0.2) is 12.2 Å². The second-order valence-electron chi connectivity index (χ2n) is 3.50. The van der Waals surface area contributed by atoms with Crippen LogP contribution in [-0.4, -0.2) is 81.8 Å². The number of hydrogen-bond acceptors (Lipinski definition) is 6. The third-order valence-electron chi connectivity index (χ3n) is 2.13. The third kappa shape index (κ3) is 6.55. The zero-order chi connectivity index (χ0) is 15.0. The summed E-state index contributed by atoms with van der Waals surface area (Å²) < 4.78 is 5.00. The first-order chi connectivity index (χ1) is 8.77. The largest absolute Gasteiger partial charge is 0.479 e. The standard InChI is InChI=1S/C5H10N2O2.C4H6O6/c6-5(8)7-1-3-9-4-2-7;5-1(3(7)8)2(6)4(9)10/h1-4H2,(H2,6,8);1-2,5-6H,(H,7,8)(H,9,10). The van der Waals surface area contributed by atoms with Gasteiger partial charge < -0.3 is 35.8 Å². The number of carboxylic acid groups (broad SMARTS) is 2. The van der Waals surface area contributed by atoms with Gasteiger partial charge in [0.2, 0.25) is 0 Å². The molecule has 10 heteroatoms. The molecule has 10 nitrogen and oxygen atoms in total. The van der Waals surface area contributed by atoms with Crippen molar-refractivity contribution in [3.8, 4) is 0 Å². The summed E-state index contributed by atoms with van der Waals surface area (Å²) in [6.45, 7) is 2.50. The molecule has 1 saturated heterocycles. The number of nitrogens with zero attached hydrogens (tertiary/aromatic N) is 1. The maximum absolute atomic E-state index is 10.4. The van der Waals surface area contributed by atoms with Crippen molar-refractivity contribution in [3.63, 3.8) is 0 Å². The minimum absolute atomic E-state index is 0.349. The van der Waals surface area contributed by atoms with Crippen molar-refractivity contribution in [2.75, 3.05) is 26.3 Å². The van der Waals surface area contributed by atoms with Gasteiger partial charge in [0.05, 0.1) is 13.2 Å². The number of carbonyl (C=O) groups is 3. The maximum atomic E-state index is 10.4. The second kappa shape index (κ2) is 8.24. The van der Waals surface area contributed by atoms with E-state index in [2.05, 4.69) is 0 Å². The van der Waals surface area contributed by atoms with Gasteiger partial charge in [0.25, 0.3) is 0 Å². The van der Waals surface area contributed by atoms with Gasteiger partial charge in [-0.2, -0.15) is 0 Å². The Labute approximate surface area is 108 Å². The molecule has 0 saturated carbocycles. The molecule has 0 bridgehead atoms. The maximum Gasteiger partial charge on any atom is 0.335 e. The zero-order valence-electron chi connectivity index (χ0n) is 9.93. The normalized spacial score (nSPS) is 17.7. The Morgan fingerprint density at radius 3 is 1.58 bits per heavy atom. The van der Waals surface area contributed by atoms with Crippen LogP contribution in [0.4, 0.5) is 4.79 Å².